The molecule has 0 unspecified atom stereocenters. The highest BCUT2D eigenvalue weighted by Gasteiger charge is 2.29. The average molecular weight is 465 g/mol. The van der Waals surface area contributed by atoms with E-state index in [1.807, 2.05) is 17.5 Å². The standard InChI is InChI=1S/C25H24N2O5S/c1-31-21-6-3-2-5-20(21)23(28)26-18-8-10-19(11-9-18)32-25(30)17-12-14-27(15-13-17)24(29)22-7-4-16-33-22/h2-11,16-17H,12-15H2,1H3,(H,26,28). The van der Waals surface area contributed by atoms with Gasteiger partial charge >= 0.3 is 5.97 Å². The van der Waals surface area contributed by atoms with Crippen LogP contribution < -0.4 is 14.8 Å². The van der Waals surface area contributed by atoms with Crippen molar-refractivity contribution in [2.45, 2.75) is 12.8 Å². The monoisotopic (exact) mass is 464 g/mol. The zero-order chi connectivity index (χ0) is 23.2. The highest BCUT2D eigenvalue weighted by atomic mass is 32.1. The second kappa shape index (κ2) is 10.3. The van der Waals surface area contributed by atoms with E-state index in [-0.39, 0.29) is 23.7 Å². The zero-order valence-corrected chi connectivity index (χ0v) is 19.0. The Morgan fingerprint density at radius 3 is 2.36 bits per heavy atom. The first kappa shape index (κ1) is 22.5. The van der Waals surface area contributed by atoms with Crippen LogP contribution in [0.15, 0.2) is 66.0 Å². The SMILES string of the molecule is COc1ccccc1C(=O)Nc1ccc(OC(=O)C2CCN(C(=O)c3cccs3)CC2)cc1. The number of amides is 2. The van der Waals surface area contributed by atoms with Crippen LogP contribution in [0.3, 0.4) is 0 Å². The van der Waals surface area contributed by atoms with Gasteiger partial charge in [-0.3, -0.25) is 14.4 Å². The number of methoxy groups -OCH3 is 1. The summed E-state index contributed by atoms with van der Waals surface area (Å²) in [5.41, 5.74) is 1.01. The summed E-state index contributed by atoms with van der Waals surface area (Å²) >= 11 is 1.42. The number of esters is 1. The van der Waals surface area contributed by atoms with E-state index in [1.165, 1.54) is 18.4 Å². The zero-order valence-electron chi connectivity index (χ0n) is 18.2. The molecule has 2 heterocycles. The van der Waals surface area contributed by atoms with E-state index < -0.39 is 0 Å². The van der Waals surface area contributed by atoms with E-state index in [0.29, 0.717) is 53.6 Å². The van der Waals surface area contributed by atoms with Crippen molar-refractivity contribution >= 4 is 34.8 Å². The molecular weight excluding hydrogens is 440 g/mol. The van der Waals surface area contributed by atoms with Gasteiger partial charge in [-0.15, -0.1) is 11.3 Å². The minimum atomic E-state index is -0.302. The van der Waals surface area contributed by atoms with Gasteiger partial charge in [0.2, 0.25) is 0 Å². The highest BCUT2D eigenvalue weighted by Crippen LogP contribution is 2.24. The van der Waals surface area contributed by atoms with Crippen LogP contribution in [-0.4, -0.2) is 42.9 Å². The van der Waals surface area contributed by atoms with Crippen molar-refractivity contribution in [1.82, 2.24) is 4.90 Å². The molecule has 1 aliphatic heterocycles. The number of hydrogen-bond acceptors (Lipinski definition) is 6. The van der Waals surface area contributed by atoms with Gasteiger partial charge in [-0.05, 0) is 60.7 Å². The lowest BCUT2D eigenvalue weighted by atomic mass is 9.97. The van der Waals surface area contributed by atoms with Crippen LogP contribution in [0.25, 0.3) is 0 Å². The summed E-state index contributed by atoms with van der Waals surface area (Å²) in [5, 5.41) is 4.69. The number of para-hydroxylation sites is 1. The maximum atomic E-state index is 12.6. The minimum absolute atomic E-state index is 0.0163. The molecule has 2 amide bonds. The number of nitrogens with zero attached hydrogens (tertiary/aromatic N) is 1. The fraction of sp³-hybridized carbons (Fsp3) is 0.240. The lowest BCUT2D eigenvalue weighted by Crippen LogP contribution is -2.40. The Morgan fingerprint density at radius 2 is 1.70 bits per heavy atom. The van der Waals surface area contributed by atoms with E-state index >= 15 is 0 Å². The molecule has 0 spiro atoms. The predicted octanol–water partition coefficient (Wildman–Crippen LogP) is 4.47. The number of ether oxygens (including phenoxy) is 2. The Hall–Kier alpha value is -3.65. The van der Waals surface area contributed by atoms with Crippen LogP contribution in [0.2, 0.25) is 0 Å². The van der Waals surface area contributed by atoms with E-state index in [0.717, 1.165) is 0 Å². The van der Waals surface area contributed by atoms with Crippen molar-refractivity contribution < 1.29 is 23.9 Å². The van der Waals surface area contributed by atoms with Gasteiger partial charge < -0.3 is 19.7 Å². The number of carbonyl (C=O) groups is 3. The summed E-state index contributed by atoms with van der Waals surface area (Å²) < 4.78 is 10.8. The van der Waals surface area contributed by atoms with Crippen molar-refractivity contribution in [3.05, 3.63) is 76.5 Å². The molecule has 1 aromatic heterocycles. The number of hydrogen-bond donors (Lipinski definition) is 1. The van der Waals surface area contributed by atoms with Crippen LogP contribution >= 0.6 is 11.3 Å². The summed E-state index contributed by atoms with van der Waals surface area (Å²) in [6.45, 7) is 1.06. The van der Waals surface area contributed by atoms with Crippen LogP contribution in [0.4, 0.5) is 5.69 Å². The van der Waals surface area contributed by atoms with Crippen LogP contribution in [0.1, 0.15) is 32.9 Å². The maximum absolute atomic E-state index is 12.6. The molecule has 7 nitrogen and oxygen atoms in total. The second-order valence-electron chi connectivity index (χ2n) is 7.64. The molecule has 1 fully saturated rings. The number of rotatable bonds is 6. The van der Waals surface area contributed by atoms with Crippen molar-refractivity contribution in [1.29, 1.82) is 0 Å². The van der Waals surface area contributed by atoms with Gasteiger partial charge in [-0.2, -0.15) is 0 Å². The molecule has 0 radical (unpaired) electrons. The second-order valence-corrected chi connectivity index (χ2v) is 8.59. The Balaban J connectivity index is 1.29. The third kappa shape index (κ3) is 5.40. The summed E-state index contributed by atoms with van der Waals surface area (Å²) in [5.74, 6) is 0.0750. The molecule has 1 N–H and O–H groups in total. The molecule has 3 aromatic rings. The van der Waals surface area contributed by atoms with Crippen LogP contribution in [0.5, 0.6) is 11.5 Å². The Labute approximate surface area is 195 Å². The summed E-state index contributed by atoms with van der Waals surface area (Å²) in [6, 6.07) is 17.3. The van der Waals surface area contributed by atoms with Gasteiger partial charge in [0.05, 0.1) is 23.5 Å². The Bertz CT molecular complexity index is 1120. The lowest BCUT2D eigenvalue weighted by molar-refractivity contribution is -0.140. The van der Waals surface area contributed by atoms with Crippen LogP contribution in [0, 0.1) is 5.92 Å². The fourth-order valence-electron chi connectivity index (χ4n) is 3.71. The van der Waals surface area contributed by atoms with Gasteiger partial charge in [0.25, 0.3) is 11.8 Å². The van der Waals surface area contributed by atoms with E-state index in [2.05, 4.69) is 5.32 Å². The van der Waals surface area contributed by atoms with Gasteiger partial charge in [0, 0.05) is 18.8 Å². The molecule has 33 heavy (non-hydrogen) atoms. The molecule has 8 heteroatoms. The minimum Gasteiger partial charge on any atom is -0.496 e. The number of anilines is 1. The topological polar surface area (TPSA) is 84.9 Å². The number of piperidine rings is 1. The number of likely N-dealkylation sites (tertiary alicyclic amines) is 1. The molecule has 1 saturated heterocycles. The quantitative estimate of drug-likeness (QED) is 0.430. The summed E-state index contributed by atoms with van der Waals surface area (Å²) in [6.07, 6.45) is 1.14. The van der Waals surface area contributed by atoms with E-state index in [1.54, 1.807) is 53.4 Å². The molecular formula is C25H24N2O5S. The fourth-order valence-corrected chi connectivity index (χ4v) is 4.40. The Morgan fingerprint density at radius 1 is 0.970 bits per heavy atom. The molecule has 0 atom stereocenters. The van der Waals surface area contributed by atoms with Gasteiger partial charge in [-0.1, -0.05) is 18.2 Å². The molecule has 0 aliphatic carbocycles. The first-order valence-electron chi connectivity index (χ1n) is 10.6. The molecule has 0 saturated carbocycles. The third-order valence-corrected chi connectivity index (χ3v) is 6.39. The van der Waals surface area contributed by atoms with Crippen molar-refractivity contribution in [3.63, 3.8) is 0 Å². The number of carbonyl (C=O) groups excluding carboxylic acids is 3. The molecule has 170 valence electrons. The van der Waals surface area contributed by atoms with Crippen LogP contribution in [-0.2, 0) is 4.79 Å². The third-order valence-electron chi connectivity index (χ3n) is 5.53. The Kier molecular flexibility index (Phi) is 7.04. The highest BCUT2D eigenvalue weighted by molar-refractivity contribution is 7.12. The average Bonchev–Trinajstić information content (AvgIpc) is 3.40. The molecule has 4 rings (SSSR count). The number of benzene rings is 2. The van der Waals surface area contributed by atoms with Gasteiger partial charge in [-0.25, -0.2) is 0 Å². The van der Waals surface area contributed by atoms with Crippen molar-refractivity contribution in [2.75, 3.05) is 25.5 Å². The van der Waals surface area contributed by atoms with E-state index in [9.17, 15) is 14.4 Å². The van der Waals surface area contributed by atoms with Crippen molar-refractivity contribution in [2.24, 2.45) is 5.92 Å². The lowest BCUT2D eigenvalue weighted by Gasteiger charge is -2.30. The number of thiophene rings is 1. The largest absolute Gasteiger partial charge is 0.496 e. The van der Waals surface area contributed by atoms with E-state index in [4.69, 9.17) is 9.47 Å². The molecule has 0 bridgehead atoms. The first-order valence-corrected chi connectivity index (χ1v) is 11.5. The van der Waals surface area contributed by atoms with Gasteiger partial charge in [0.15, 0.2) is 0 Å². The van der Waals surface area contributed by atoms with Crippen molar-refractivity contribution in [3.8, 4) is 11.5 Å². The van der Waals surface area contributed by atoms with Gasteiger partial charge in [0.1, 0.15) is 11.5 Å². The summed E-state index contributed by atoms with van der Waals surface area (Å²) in [7, 11) is 1.51. The normalized spacial score (nSPS) is 13.9. The molecule has 2 aromatic carbocycles. The summed E-state index contributed by atoms with van der Waals surface area (Å²) in [4.78, 5) is 40.0. The first-order chi connectivity index (χ1) is 16.0. The number of nitrogens with one attached hydrogen (secondary N) is 1. The molecule has 1 aliphatic rings. The maximum Gasteiger partial charge on any atom is 0.314 e. The smallest absolute Gasteiger partial charge is 0.314 e. The predicted molar refractivity (Wildman–Crippen MR) is 126 cm³/mol.